The van der Waals surface area contributed by atoms with Crippen molar-refractivity contribution in [2.24, 2.45) is 4.99 Å². The lowest BCUT2D eigenvalue weighted by Crippen LogP contribution is -2.46. The Labute approximate surface area is 72.1 Å². The van der Waals surface area contributed by atoms with Crippen molar-refractivity contribution in [3.63, 3.8) is 0 Å². The van der Waals surface area contributed by atoms with Crippen molar-refractivity contribution in [1.82, 2.24) is 5.32 Å². The van der Waals surface area contributed by atoms with Gasteiger partial charge in [-0.3, -0.25) is 4.99 Å². The summed E-state index contributed by atoms with van der Waals surface area (Å²) >= 11 is 3.15. The fourth-order valence-corrected chi connectivity index (χ4v) is 0.809. The number of allylic oxidation sites excluding steroid dienone is 1. The molecule has 0 aromatic heterocycles. The Morgan fingerprint density at radius 3 is 2.91 bits per heavy atom. The summed E-state index contributed by atoms with van der Waals surface area (Å²) in [7, 11) is 0. The molecule has 1 unspecified atom stereocenters. The highest BCUT2D eigenvalue weighted by Gasteiger charge is 2.31. The number of halogens is 1. The topological polar surface area (TPSA) is 61.7 Å². The van der Waals surface area contributed by atoms with Gasteiger partial charge in [-0.2, -0.15) is 0 Å². The van der Waals surface area contributed by atoms with Crippen LogP contribution in [0.4, 0.5) is 0 Å². The van der Waals surface area contributed by atoms with E-state index in [1.165, 1.54) is 13.1 Å². The molecule has 0 amide bonds. The first-order valence-corrected chi connectivity index (χ1v) is 3.76. The van der Waals surface area contributed by atoms with Crippen LogP contribution in [0, 0.1) is 0 Å². The molecule has 0 saturated heterocycles. The molecule has 11 heavy (non-hydrogen) atoms. The number of nitrogens with zero attached hydrogens (tertiary/aromatic N) is 1. The summed E-state index contributed by atoms with van der Waals surface area (Å²) in [5.74, 6) is -0.995. The zero-order valence-corrected chi connectivity index (χ0v) is 7.42. The van der Waals surface area contributed by atoms with E-state index in [0.29, 0.717) is 0 Å². The van der Waals surface area contributed by atoms with Gasteiger partial charge in [-0.15, -0.1) is 0 Å². The SMILES string of the molecule is CC1(C(=O)O)N=CC(Br)=CN1. The van der Waals surface area contributed by atoms with Gasteiger partial charge in [0.15, 0.2) is 0 Å². The third-order valence-electron chi connectivity index (χ3n) is 1.35. The molecule has 0 spiro atoms. The molecule has 0 aliphatic carbocycles. The van der Waals surface area contributed by atoms with E-state index in [1.807, 2.05) is 0 Å². The lowest BCUT2D eigenvalue weighted by atomic mass is 10.2. The van der Waals surface area contributed by atoms with E-state index in [0.717, 1.165) is 4.48 Å². The highest BCUT2D eigenvalue weighted by molar-refractivity contribution is 9.12. The molecule has 0 bridgehead atoms. The van der Waals surface area contributed by atoms with Gasteiger partial charge in [0.1, 0.15) is 0 Å². The summed E-state index contributed by atoms with van der Waals surface area (Å²) in [6.45, 7) is 1.49. The van der Waals surface area contributed by atoms with Crippen molar-refractivity contribution in [2.75, 3.05) is 0 Å². The highest BCUT2D eigenvalue weighted by atomic mass is 79.9. The molecule has 0 saturated carbocycles. The second kappa shape index (κ2) is 2.65. The monoisotopic (exact) mass is 218 g/mol. The summed E-state index contributed by atoms with van der Waals surface area (Å²) in [6, 6.07) is 0. The molecule has 0 fully saturated rings. The quantitative estimate of drug-likeness (QED) is 0.682. The van der Waals surface area contributed by atoms with Gasteiger partial charge >= 0.3 is 5.97 Å². The molecule has 1 rings (SSSR count). The van der Waals surface area contributed by atoms with Crippen molar-refractivity contribution < 1.29 is 9.90 Å². The summed E-state index contributed by atoms with van der Waals surface area (Å²) in [5, 5.41) is 11.3. The predicted octanol–water partition coefficient (Wildman–Crippen LogP) is 0.698. The van der Waals surface area contributed by atoms with Crippen LogP contribution in [0.3, 0.4) is 0 Å². The fraction of sp³-hybridized carbons (Fsp3) is 0.333. The van der Waals surface area contributed by atoms with E-state index in [-0.39, 0.29) is 0 Å². The second-order valence-corrected chi connectivity index (χ2v) is 3.22. The number of aliphatic carboxylic acids is 1. The fourth-order valence-electron chi connectivity index (χ4n) is 0.592. The molecule has 1 heterocycles. The van der Waals surface area contributed by atoms with E-state index in [2.05, 4.69) is 26.2 Å². The molecule has 2 N–H and O–H groups in total. The third kappa shape index (κ3) is 1.59. The average Bonchev–Trinajstić information content (AvgIpc) is 1.95. The van der Waals surface area contributed by atoms with Crippen LogP contribution in [-0.4, -0.2) is 23.0 Å². The van der Waals surface area contributed by atoms with Crippen molar-refractivity contribution in [2.45, 2.75) is 12.6 Å². The number of nitrogens with one attached hydrogen (secondary N) is 1. The van der Waals surface area contributed by atoms with Gasteiger partial charge in [-0.1, -0.05) is 0 Å². The number of carbonyl (C=O) groups is 1. The molecule has 1 aliphatic heterocycles. The van der Waals surface area contributed by atoms with Gasteiger partial charge in [0.05, 0.1) is 4.48 Å². The molecule has 1 atom stereocenters. The van der Waals surface area contributed by atoms with Crippen LogP contribution in [0.2, 0.25) is 0 Å². The van der Waals surface area contributed by atoms with Gasteiger partial charge in [0.2, 0.25) is 5.66 Å². The zero-order chi connectivity index (χ0) is 8.48. The smallest absolute Gasteiger partial charge is 0.352 e. The number of hydrogen-bond acceptors (Lipinski definition) is 3. The van der Waals surface area contributed by atoms with Gasteiger partial charge in [0, 0.05) is 12.4 Å². The Bertz CT molecular complexity index is 249. The summed E-state index contributed by atoms with van der Waals surface area (Å²) in [4.78, 5) is 14.4. The van der Waals surface area contributed by atoms with Gasteiger partial charge in [0.25, 0.3) is 0 Å². The van der Waals surface area contributed by atoms with Crippen LogP contribution in [0.15, 0.2) is 15.7 Å². The maximum atomic E-state index is 10.6. The summed E-state index contributed by atoms with van der Waals surface area (Å²) in [6.07, 6.45) is 3.02. The molecule has 0 aromatic rings. The van der Waals surface area contributed by atoms with Gasteiger partial charge in [-0.05, 0) is 22.9 Å². The number of carboxylic acid groups (broad SMARTS) is 1. The Balaban J connectivity index is 2.82. The lowest BCUT2D eigenvalue weighted by Gasteiger charge is -2.22. The van der Waals surface area contributed by atoms with Crippen molar-refractivity contribution >= 4 is 28.1 Å². The Kier molecular flexibility index (Phi) is 1.99. The third-order valence-corrected chi connectivity index (χ3v) is 1.79. The first kappa shape index (κ1) is 8.26. The maximum absolute atomic E-state index is 10.6. The zero-order valence-electron chi connectivity index (χ0n) is 5.84. The van der Waals surface area contributed by atoms with Crippen LogP contribution in [0.1, 0.15) is 6.92 Å². The minimum Gasteiger partial charge on any atom is -0.478 e. The normalized spacial score (nSPS) is 29.1. The minimum atomic E-state index is -1.21. The van der Waals surface area contributed by atoms with E-state index < -0.39 is 11.6 Å². The van der Waals surface area contributed by atoms with Gasteiger partial charge < -0.3 is 10.4 Å². The minimum absolute atomic E-state index is 0.733. The van der Waals surface area contributed by atoms with E-state index in [9.17, 15) is 4.79 Å². The summed E-state index contributed by atoms with van der Waals surface area (Å²) in [5.41, 5.74) is -1.21. The van der Waals surface area contributed by atoms with Crippen LogP contribution in [-0.2, 0) is 4.79 Å². The van der Waals surface area contributed by atoms with Gasteiger partial charge in [-0.25, -0.2) is 4.79 Å². The van der Waals surface area contributed by atoms with E-state index >= 15 is 0 Å². The Morgan fingerprint density at radius 2 is 2.55 bits per heavy atom. The lowest BCUT2D eigenvalue weighted by molar-refractivity contribution is -0.143. The van der Waals surface area contributed by atoms with Crippen molar-refractivity contribution in [1.29, 1.82) is 0 Å². The first-order chi connectivity index (χ1) is 5.04. The van der Waals surface area contributed by atoms with Crippen molar-refractivity contribution in [3.8, 4) is 0 Å². The molecule has 0 aromatic carbocycles. The molecular formula is C6H7BrN2O2. The molecule has 60 valence electrons. The number of rotatable bonds is 1. The molecule has 4 nitrogen and oxygen atoms in total. The Morgan fingerprint density at radius 1 is 1.91 bits per heavy atom. The largest absolute Gasteiger partial charge is 0.478 e. The number of carboxylic acids is 1. The van der Waals surface area contributed by atoms with Crippen LogP contribution < -0.4 is 5.32 Å². The predicted molar refractivity (Wildman–Crippen MR) is 44.7 cm³/mol. The van der Waals surface area contributed by atoms with E-state index in [1.54, 1.807) is 6.20 Å². The number of aliphatic imine (C=N–C) groups is 1. The first-order valence-electron chi connectivity index (χ1n) is 2.96. The van der Waals surface area contributed by atoms with Crippen molar-refractivity contribution in [3.05, 3.63) is 10.7 Å². The standard InChI is InChI=1S/C6H7BrN2O2/c1-6(5(10)11)8-2-4(7)3-9-6/h2-3,8H,1H3,(H,10,11). The van der Waals surface area contributed by atoms with Crippen LogP contribution in [0.5, 0.6) is 0 Å². The average molecular weight is 219 g/mol. The van der Waals surface area contributed by atoms with Crippen LogP contribution in [0.25, 0.3) is 0 Å². The van der Waals surface area contributed by atoms with E-state index in [4.69, 9.17) is 5.11 Å². The second-order valence-electron chi connectivity index (χ2n) is 2.31. The molecule has 1 aliphatic rings. The Hall–Kier alpha value is -0.840. The van der Waals surface area contributed by atoms with Crippen LogP contribution >= 0.6 is 15.9 Å². The maximum Gasteiger partial charge on any atom is 0.352 e. The number of hydrogen-bond donors (Lipinski definition) is 2. The molecule has 5 heteroatoms. The molecular weight excluding hydrogens is 212 g/mol. The molecule has 0 radical (unpaired) electrons. The highest BCUT2D eigenvalue weighted by Crippen LogP contribution is 2.13. The summed E-state index contributed by atoms with van der Waals surface area (Å²) < 4.78 is 0.733.